The number of ketones is 1. The Morgan fingerprint density at radius 1 is 1.02 bits per heavy atom. The predicted octanol–water partition coefficient (Wildman–Crippen LogP) is 4.70. The van der Waals surface area contributed by atoms with Gasteiger partial charge in [-0.2, -0.15) is 18.3 Å². The summed E-state index contributed by atoms with van der Waals surface area (Å²) < 4.78 is 40.7. The van der Waals surface area contributed by atoms with E-state index in [0.29, 0.717) is 32.5 Å². The van der Waals surface area contributed by atoms with Gasteiger partial charge in [-0.15, -0.1) is 0 Å². The Bertz CT molecular complexity index is 1930. The maximum Gasteiger partial charge on any atom is 0.471 e. The molecular weight excluding hydrogens is 697 g/mol. The third kappa shape index (κ3) is 7.07. The van der Waals surface area contributed by atoms with Crippen LogP contribution >= 0.6 is 15.9 Å². The van der Waals surface area contributed by atoms with Crippen LogP contribution in [0.4, 0.5) is 19.0 Å². The number of hydrogen-bond acceptors (Lipinski definition) is 8. The van der Waals surface area contributed by atoms with E-state index in [1.54, 1.807) is 51.4 Å². The number of anilines is 1. The van der Waals surface area contributed by atoms with Crippen molar-refractivity contribution < 1.29 is 32.3 Å². The number of rotatable bonds is 8. The number of halogens is 4. The molecule has 2 N–H and O–H groups in total. The molecule has 4 heterocycles. The first-order valence-corrected chi connectivity index (χ1v) is 15.8. The first kappa shape index (κ1) is 34.6. The van der Waals surface area contributed by atoms with Crippen molar-refractivity contribution in [2.45, 2.75) is 65.8 Å². The number of nitrogens with one attached hydrogen (secondary N) is 2. The number of nitrogens with zero attached hydrogens (tertiary/aromatic N) is 6. The zero-order valence-electron chi connectivity index (χ0n) is 26.6. The van der Waals surface area contributed by atoms with Gasteiger partial charge in [-0.05, 0) is 90.9 Å². The van der Waals surface area contributed by atoms with Crippen molar-refractivity contribution in [2.75, 3.05) is 11.9 Å². The summed E-state index contributed by atoms with van der Waals surface area (Å²) in [6, 6.07) is 5.22. The summed E-state index contributed by atoms with van der Waals surface area (Å²) in [5, 5.41) is 9.62. The Morgan fingerprint density at radius 3 is 2.35 bits per heavy atom. The van der Waals surface area contributed by atoms with Crippen molar-refractivity contribution in [2.24, 2.45) is 5.92 Å². The molecule has 1 aliphatic rings. The van der Waals surface area contributed by atoms with Crippen LogP contribution in [0.15, 0.2) is 41.3 Å². The molecule has 3 atom stereocenters. The van der Waals surface area contributed by atoms with Crippen LogP contribution in [0.25, 0.3) is 22.0 Å². The van der Waals surface area contributed by atoms with Crippen molar-refractivity contribution in [3.05, 3.63) is 63.9 Å². The molecule has 1 aromatic carbocycles. The van der Waals surface area contributed by atoms with Crippen molar-refractivity contribution in [1.29, 1.82) is 0 Å². The first-order chi connectivity index (χ1) is 22.5. The van der Waals surface area contributed by atoms with Crippen molar-refractivity contribution in [3.63, 3.8) is 0 Å². The van der Waals surface area contributed by atoms with Crippen LogP contribution in [0.3, 0.4) is 0 Å². The maximum absolute atomic E-state index is 14.1. The number of aromatic nitrogens is 5. The fourth-order valence-electron chi connectivity index (χ4n) is 5.97. The highest BCUT2D eigenvalue weighted by atomic mass is 79.9. The minimum atomic E-state index is -5.09. The number of pyridine rings is 1. The lowest BCUT2D eigenvalue weighted by Crippen LogP contribution is -2.48. The second-order valence-corrected chi connectivity index (χ2v) is 12.6. The molecule has 1 fully saturated rings. The largest absolute Gasteiger partial charge is 0.471 e. The standard InChI is InChI=1S/C32H32BrF3N8O4/c1-15-6-7-25(33)40-29(15)41-30(47)24-10-21(11-39-31(48)32(34,35)36)17(3)44(24)26(46)14-43-28-16(2)8-20(22-12-37-19(5)38-13-22)9-23(28)27(42-43)18(4)45/h6-9,12-13,17,21,24H,10-11,14H2,1-5H3,(H,39,48)(H,40,41,47)/t17-,21-,24+/m1/s1. The molecule has 0 saturated carbocycles. The Morgan fingerprint density at radius 2 is 1.71 bits per heavy atom. The lowest BCUT2D eigenvalue weighted by molar-refractivity contribution is -0.173. The number of amides is 3. The Kier molecular flexibility index (Phi) is 9.67. The molecule has 252 valence electrons. The van der Waals surface area contributed by atoms with Crippen molar-refractivity contribution in [3.8, 4) is 11.1 Å². The number of carbonyl (C=O) groups excluding carboxylic acids is 4. The van der Waals surface area contributed by atoms with Crippen molar-refractivity contribution in [1.82, 2.24) is 34.9 Å². The first-order valence-electron chi connectivity index (χ1n) is 15.0. The third-order valence-electron chi connectivity index (χ3n) is 8.43. The fourth-order valence-corrected chi connectivity index (χ4v) is 6.28. The second kappa shape index (κ2) is 13.4. The number of alkyl halides is 3. The molecule has 0 radical (unpaired) electrons. The molecular formula is C32H32BrF3N8O4. The van der Waals surface area contributed by atoms with Gasteiger partial charge in [0.25, 0.3) is 0 Å². The summed E-state index contributed by atoms with van der Waals surface area (Å²) in [6.07, 6.45) is -1.77. The molecule has 0 unspecified atom stereocenters. The molecule has 5 rings (SSSR count). The Balaban J connectivity index is 1.48. The zero-order chi connectivity index (χ0) is 35.1. The van der Waals surface area contributed by atoms with Crippen LogP contribution in [-0.2, 0) is 20.9 Å². The van der Waals surface area contributed by atoms with E-state index in [-0.39, 0.29) is 30.3 Å². The summed E-state index contributed by atoms with van der Waals surface area (Å²) in [4.78, 5) is 66.2. The van der Waals surface area contributed by atoms with E-state index >= 15 is 0 Å². The van der Waals surface area contributed by atoms with Gasteiger partial charge in [0.15, 0.2) is 5.78 Å². The van der Waals surface area contributed by atoms with E-state index in [2.05, 4.69) is 41.3 Å². The molecule has 3 aromatic heterocycles. The number of aryl methyl sites for hydroxylation is 3. The van der Waals surface area contributed by atoms with E-state index in [1.165, 1.54) is 16.5 Å². The highest BCUT2D eigenvalue weighted by molar-refractivity contribution is 9.10. The van der Waals surface area contributed by atoms with Gasteiger partial charge in [0, 0.05) is 42.9 Å². The highest BCUT2D eigenvalue weighted by Crippen LogP contribution is 2.33. The average molecular weight is 730 g/mol. The van der Waals surface area contributed by atoms with Crippen LogP contribution in [0.2, 0.25) is 0 Å². The highest BCUT2D eigenvalue weighted by Gasteiger charge is 2.46. The van der Waals surface area contributed by atoms with E-state index in [4.69, 9.17) is 0 Å². The molecule has 3 amide bonds. The lowest BCUT2D eigenvalue weighted by atomic mass is 9.99. The quantitative estimate of drug-likeness (QED) is 0.196. The summed E-state index contributed by atoms with van der Waals surface area (Å²) in [5.74, 6) is -3.42. The van der Waals surface area contributed by atoms with Crippen LogP contribution in [0, 0.1) is 26.7 Å². The molecule has 1 aliphatic heterocycles. The molecule has 0 aliphatic carbocycles. The zero-order valence-corrected chi connectivity index (χ0v) is 28.2. The van der Waals surface area contributed by atoms with E-state index in [0.717, 1.165) is 11.1 Å². The number of Topliss-reactive ketones (excluding diaryl/α,β-unsaturated/α-hetero) is 1. The third-order valence-corrected chi connectivity index (χ3v) is 8.87. The van der Waals surface area contributed by atoms with E-state index < -0.39 is 48.4 Å². The maximum atomic E-state index is 14.1. The van der Waals surface area contributed by atoms with Crippen molar-refractivity contribution >= 4 is 56.2 Å². The van der Waals surface area contributed by atoms with Crippen LogP contribution < -0.4 is 10.6 Å². The summed E-state index contributed by atoms with van der Waals surface area (Å²) >= 11 is 3.27. The van der Waals surface area contributed by atoms with Crippen LogP contribution in [0.5, 0.6) is 0 Å². The Hall–Kier alpha value is -4.73. The topological polar surface area (TPSA) is 152 Å². The molecule has 16 heteroatoms. The number of benzene rings is 1. The number of fused-ring (bicyclic) bond motifs is 1. The van der Waals surface area contributed by atoms with Gasteiger partial charge < -0.3 is 15.5 Å². The number of hydrogen-bond donors (Lipinski definition) is 2. The lowest BCUT2D eigenvalue weighted by Gasteiger charge is -2.29. The minimum absolute atomic E-state index is 0.0243. The average Bonchev–Trinajstić information content (AvgIpc) is 3.55. The van der Waals surface area contributed by atoms with Gasteiger partial charge in [0.1, 0.15) is 34.5 Å². The smallest absolute Gasteiger partial charge is 0.348 e. The predicted molar refractivity (Wildman–Crippen MR) is 173 cm³/mol. The number of likely N-dealkylation sites (tertiary alicyclic amines) is 1. The molecule has 0 spiro atoms. The van der Waals surface area contributed by atoms with Gasteiger partial charge in [0.2, 0.25) is 11.8 Å². The van der Waals surface area contributed by atoms with Gasteiger partial charge in [-0.25, -0.2) is 15.0 Å². The summed E-state index contributed by atoms with van der Waals surface area (Å²) in [7, 11) is 0. The molecule has 1 saturated heterocycles. The second-order valence-electron chi connectivity index (χ2n) is 11.8. The SMILES string of the molecule is CC(=O)c1nn(CC(=O)N2[C@H](C)[C@@H](CNC(=O)C(F)(F)F)C[C@H]2C(=O)Nc2nc(Br)ccc2C)c2c(C)cc(-c3cnc(C)nc3)cc12. The monoisotopic (exact) mass is 728 g/mol. The molecule has 4 aromatic rings. The fraction of sp³-hybridized carbons (Fsp3) is 0.375. The minimum Gasteiger partial charge on any atom is -0.348 e. The Labute approximate surface area is 281 Å². The van der Waals surface area contributed by atoms with E-state index in [9.17, 15) is 32.3 Å². The molecule has 48 heavy (non-hydrogen) atoms. The summed E-state index contributed by atoms with van der Waals surface area (Å²) in [5.41, 5.74) is 3.51. The van der Waals surface area contributed by atoms with E-state index in [1.807, 2.05) is 18.3 Å². The normalized spacial score (nSPS) is 17.9. The van der Waals surface area contributed by atoms with Gasteiger partial charge >= 0.3 is 12.1 Å². The van der Waals surface area contributed by atoms with Crippen LogP contribution in [-0.4, -0.2) is 77.9 Å². The number of carbonyl (C=O) groups is 4. The summed E-state index contributed by atoms with van der Waals surface area (Å²) in [6.45, 7) is 7.51. The molecule has 0 bridgehead atoms. The molecule has 12 nitrogen and oxygen atoms in total. The van der Waals surface area contributed by atoms with Crippen LogP contribution in [0.1, 0.15) is 47.7 Å². The van der Waals surface area contributed by atoms with Gasteiger partial charge in [-0.1, -0.05) is 6.07 Å². The van der Waals surface area contributed by atoms with Gasteiger partial charge in [0.05, 0.1) is 5.52 Å². The van der Waals surface area contributed by atoms with Gasteiger partial charge in [-0.3, -0.25) is 23.9 Å².